The molecule has 2 aliphatic carbocycles. The van der Waals surface area contributed by atoms with Gasteiger partial charge in [-0.3, -0.25) is 14.4 Å². The van der Waals surface area contributed by atoms with Gasteiger partial charge in [0.2, 0.25) is 5.78 Å². The molecule has 1 fully saturated rings. The van der Waals surface area contributed by atoms with Crippen molar-refractivity contribution < 1.29 is 54.1 Å². The van der Waals surface area contributed by atoms with Gasteiger partial charge in [0.15, 0.2) is 17.9 Å². The van der Waals surface area contributed by atoms with Gasteiger partial charge in [0, 0.05) is 42.0 Å². The molecule has 0 amide bonds. The number of ether oxygens (including phenoxy) is 3. The van der Waals surface area contributed by atoms with Crippen LogP contribution >= 0.6 is 0 Å². The number of methoxy groups -OCH3 is 1. The highest BCUT2D eigenvalue weighted by molar-refractivity contribution is 6.31. The molecule has 0 spiro atoms. The summed E-state index contributed by atoms with van der Waals surface area (Å²) in [7, 11) is 1.32. The Labute approximate surface area is 222 Å². The van der Waals surface area contributed by atoms with Crippen molar-refractivity contribution >= 4 is 17.3 Å². The van der Waals surface area contributed by atoms with Gasteiger partial charge in [-0.2, -0.15) is 0 Å². The molecule has 1 saturated heterocycles. The number of Topliss-reactive ketones (excluding diaryl/α,β-unsaturated/α-hetero) is 1. The molecule has 5 rings (SSSR count). The Kier molecular flexibility index (Phi) is 6.74. The van der Waals surface area contributed by atoms with Crippen molar-refractivity contribution in [3.8, 4) is 17.2 Å². The molecule has 7 N–H and O–H groups in total. The topological polar surface area (TPSA) is 206 Å². The van der Waals surface area contributed by atoms with Crippen LogP contribution in [0.25, 0.3) is 0 Å². The average Bonchev–Trinajstić information content (AvgIpc) is 2.90. The molecular weight excluding hydrogens is 514 g/mol. The third-order valence-corrected chi connectivity index (χ3v) is 7.81. The largest absolute Gasteiger partial charge is 0.507 e. The average molecular weight is 544 g/mol. The van der Waals surface area contributed by atoms with E-state index in [-0.39, 0.29) is 34.4 Å². The van der Waals surface area contributed by atoms with Crippen molar-refractivity contribution in [2.75, 3.05) is 13.7 Å². The SMILES string of the molecule is COc1cccc2c1C(=O)c1c(O)c3c(c(O)c1C2=O)C[C@@](O)(C(=O)CO)C[C@@H]3O[C@H]1C[C@@H](N)[C@H](O)[C@@H](C)O1. The third-order valence-electron chi connectivity index (χ3n) is 7.81. The molecule has 12 heteroatoms. The van der Waals surface area contributed by atoms with Gasteiger partial charge in [-0.1, -0.05) is 12.1 Å². The lowest BCUT2D eigenvalue weighted by Gasteiger charge is -2.42. The van der Waals surface area contributed by atoms with E-state index in [1.54, 1.807) is 6.92 Å². The van der Waals surface area contributed by atoms with Crippen molar-refractivity contribution in [3.63, 3.8) is 0 Å². The first kappa shape index (κ1) is 27.2. The minimum atomic E-state index is -2.24. The van der Waals surface area contributed by atoms with Crippen LogP contribution in [0.3, 0.4) is 0 Å². The van der Waals surface area contributed by atoms with Crippen LogP contribution in [0, 0.1) is 0 Å². The molecular formula is C27H29NO11. The van der Waals surface area contributed by atoms with E-state index in [0.29, 0.717) is 0 Å². The smallest absolute Gasteiger partial charge is 0.202 e. The van der Waals surface area contributed by atoms with E-state index in [4.69, 9.17) is 19.9 Å². The van der Waals surface area contributed by atoms with E-state index in [1.165, 1.54) is 25.3 Å². The molecule has 39 heavy (non-hydrogen) atoms. The number of phenolic OH excluding ortho intramolecular Hbond substituents is 2. The van der Waals surface area contributed by atoms with Gasteiger partial charge in [-0.05, 0) is 13.0 Å². The number of phenols is 2. The van der Waals surface area contributed by atoms with Crippen LogP contribution in [-0.4, -0.2) is 86.7 Å². The van der Waals surface area contributed by atoms with E-state index in [2.05, 4.69) is 0 Å². The Morgan fingerprint density at radius 1 is 1.15 bits per heavy atom. The Morgan fingerprint density at radius 3 is 2.49 bits per heavy atom. The molecule has 0 aromatic heterocycles. The molecule has 0 saturated carbocycles. The Hall–Kier alpha value is -3.39. The van der Waals surface area contributed by atoms with Gasteiger partial charge in [0.05, 0.1) is 42.1 Å². The molecule has 0 radical (unpaired) electrons. The van der Waals surface area contributed by atoms with Crippen molar-refractivity contribution in [2.24, 2.45) is 5.73 Å². The van der Waals surface area contributed by atoms with Gasteiger partial charge in [-0.25, -0.2) is 0 Å². The second-order valence-electron chi connectivity index (χ2n) is 10.2. The van der Waals surface area contributed by atoms with Gasteiger partial charge < -0.3 is 45.5 Å². The summed E-state index contributed by atoms with van der Waals surface area (Å²) in [6, 6.07) is 3.64. The fourth-order valence-corrected chi connectivity index (χ4v) is 5.75. The Balaban J connectivity index is 1.69. The normalized spacial score (nSPS) is 29.8. The number of carbonyl (C=O) groups is 3. The number of rotatable bonds is 5. The molecule has 0 bridgehead atoms. The van der Waals surface area contributed by atoms with E-state index in [0.717, 1.165) is 0 Å². The monoisotopic (exact) mass is 543 g/mol. The minimum absolute atomic E-state index is 0.0173. The lowest BCUT2D eigenvalue weighted by Crippen LogP contribution is -2.53. The number of aromatic hydroxyl groups is 2. The molecule has 1 heterocycles. The summed E-state index contributed by atoms with van der Waals surface area (Å²) >= 11 is 0. The second kappa shape index (κ2) is 9.66. The van der Waals surface area contributed by atoms with Crippen LogP contribution in [0.5, 0.6) is 17.2 Å². The lowest BCUT2D eigenvalue weighted by molar-refractivity contribution is -0.247. The maximum atomic E-state index is 13.6. The third kappa shape index (κ3) is 4.11. The first-order valence-corrected chi connectivity index (χ1v) is 12.4. The van der Waals surface area contributed by atoms with Gasteiger partial charge >= 0.3 is 0 Å². The summed E-state index contributed by atoms with van der Waals surface area (Å²) < 4.78 is 17.0. The number of carbonyl (C=O) groups excluding carboxylic acids is 3. The van der Waals surface area contributed by atoms with Gasteiger partial charge in [0.1, 0.15) is 29.5 Å². The van der Waals surface area contributed by atoms with Crippen molar-refractivity contribution in [2.45, 2.75) is 62.4 Å². The minimum Gasteiger partial charge on any atom is -0.507 e. The number of fused-ring (bicyclic) bond motifs is 3. The fourth-order valence-electron chi connectivity index (χ4n) is 5.75. The quantitative estimate of drug-likeness (QED) is 0.235. The first-order chi connectivity index (χ1) is 18.4. The van der Waals surface area contributed by atoms with Crippen molar-refractivity contribution in [1.29, 1.82) is 0 Å². The molecule has 3 aliphatic rings. The van der Waals surface area contributed by atoms with Gasteiger partial charge in [-0.15, -0.1) is 0 Å². The number of hydrogen-bond donors (Lipinski definition) is 6. The number of hydrogen-bond acceptors (Lipinski definition) is 12. The molecule has 6 atom stereocenters. The van der Waals surface area contributed by atoms with Crippen LogP contribution in [0.4, 0.5) is 0 Å². The molecule has 2 aromatic rings. The van der Waals surface area contributed by atoms with Crippen LogP contribution < -0.4 is 10.5 Å². The number of ketones is 3. The van der Waals surface area contributed by atoms with Crippen molar-refractivity contribution in [1.82, 2.24) is 0 Å². The molecule has 2 aromatic carbocycles. The molecule has 1 aliphatic heterocycles. The van der Waals surface area contributed by atoms with E-state index in [9.17, 15) is 39.9 Å². The zero-order valence-corrected chi connectivity index (χ0v) is 21.2. The Morgan fingerprint density at radius 2 is 1.85 bits per heavy atom. The van der Waals surface area contributed by atoms with Gasteiger partial charge in [0.25, 0.3) is 0 Å². The number of aliphatic hydroxyl groups excluding tert-OH is 2. The van der Waals surface area contributed by atoms with Crippen LogP contribution in [-0.2, 0) is 20.7 Å². The number of nitrogens with two attached hydrogens (primary N) is 1. The maximum Gasteiger partial charge on any atom is 0.202 e. The lowest BCUT2D eigenvalue weighted by atomic mass is 9.72. The molecule has 208 valence electrons. The van der Waals surface area contributed by atoms with E-state index >= 15 is 0 Å². The zero-order chi connectivity index (χ0) is 28.4. The summed E-state index contributed by atoms with van der Waals surface area (Å²) in [6.07, 6.45) is -5.12. The Bertz CT molecular complexity index is 1380. The molecule has 12 nitrogen and oxygen atoms in total. The number of aliphatic hydroxyl groups is 3. The highest BCUT2D eigenvalue weighted by Gasteiger charge is 2.50. The number of benzene rings is 2. The second-order valence-corrected chi connectivity index (χ2v) is 10.2. The summed E-state index contributed by atoms with van der Waals surface area (Å²) in [5.74, 6) is -3.77. The van der Waals surface area contributed by atoms with Crippen LogP contribution in [0.2, 0.25) is 0 Å². The van der Waals surface area contributed by atoms with Crippen LogP contribution in [0.15, 0.2) is 18.2 Å². The summed E-state index contributed by atoms with van der Waals surface area (Å²) in [5, 5.41) is 53.7. The summed E-state index contributed by atoms with van der Waals surface area (Å²) in [5.41, 5.74) is 2.37. The zero-order valence-electron chi connectivity index (χ0n) is 21.2. The first-order valence-electron chi connectivity index (χ1n) is 12.4. The standard InChI is InChI=1S/C27H29NO11/c1-10-22(31)13(28)6-17(38-10)39-15-8-27(36,16(30)9-29)7-12-19(15)26(35)21-20(24(12)33)23(32)11-4-3-5-14(37-2)18(11)25(21)34/h3-5,10,13,15,17,22,29,31,33,35-36H,6-9,28H2,1-2H3/t10-,13-,15+,17+,22-,27+/m1/s1. The highest BCUT2D eigenvalue weighted by atomic mass is 16.7. The van der Waals surface area contributed by atoms with Crippen molar-refractivity contribution in [3.05, 3.63) is 51.6 Å². The summed E-state index contributed by atoms with van der Waals surface area (Å²) in [4.78, 5) is 39.7. The van der Waals surface area contributed by atoms with Crippen LogP contribution in [0.1, 0.15) is 68.8 Å². The predicted molar refractivity (Wildman–Crippen MR) is 132 cm³/mol. The van der Waals surface area contributed by atoms with E-state index < -0.39 is 95.7 Å². The highest BCUT2D eigenvalue weighted by Crippen LogP contribution is 2.52. The van der Waals surface area contributed by atoms with E-state index in [1.807, 2.05) is 0 Å². The predicted octanol–water partition coefficient (Wildman–Crippen LogP) is 0.00130. The summed E-state index contributed by atoms with van der Waals surface area (Å²) in [6.45, 7) is 0.560. The maximum absolute atomic E-state index is 13.6. The fraction of sp³-hybridized carbons (Fsp3) is 0.444. The molecule has 0 unspecified atom stereocenters.